The van der Waals surface area contributed by atoms with Gasteiger partial charge in [0.2, 0.25) is 0 Å². The summed E-state index contributed by atoms with van der Waals surface area (Å²) in [6, 6.07) is 6.42. The summed E-state index contributed by atoms with van der Waals surface area (Å²) in [6.07, 6.45) is 0.215. The number of phosphoric ester groups is 1. The highest BCUT2D eigenvalue weighted by molar-refractivity contribution is 7.48. The molecule has 1 aromatic rings. The summed E-state index contributed by atoms with van der Waals surface area (Å²) in [4.78, 5) is 0. The molecule has 0 saturated heterocycles. The smallest absolute Gasteiger partial charge is 0.497 e. The monoisotopic (exact) mass is 304 g/mol. The Bertz CT molecular complexity index is 476. The number of rotatable bonds is 8. The molecule has 0 atom stereocenters. The van der Waals surface area contributed by atoms with Crippen LogP contribution in [-0.2, 0) is 18.1 Å². The zero-order valence-electron chi connectivity index (χ0n) is 11.7. The van der Waals surface area contributed by atoms with Gasteiger partial charge in [0.15, 0.2) is 5.76 Å². The molecule has 0 aliphatic rings. The average Bonchev–Trinajstić information content (AvgIpc) is 2.45. The number of benzene rings is 1. The highest BCUT2D eigenvalue weighted by atomic mass is 31.2. The number of hydrogen-bond donors (Lipinski definition) is 0. The fourth-order valence-corrected chi connectivity index (χ4v) is 2.62. The van der Waals surface area contributed by atoms with E-state index in [0.717, 1.165) is 0 Å². The lowest BCUT2D eigenvalue weighted by Gasteiger charge is -2.18. The Morgan fingerprint density at radius 2 is 1.75 bits per heavy atom. The molecule has 5 nitrogen and oxygen atoms in total. The lowest BCUT2D eigenvalue weighted by atomic mass is 10.2. The molecule has 0 unspecified atom stereocenters. The van der Waals surface area contributed by atoms with E-state index in [1.807, 2.05) is 0 Å². The van der Waals surface area contributed by atoms with Gasteiger partial charge >= 0.3 is 7.82 Å². The van der Waals surface area contributed by atoms with Crippen molar-refractivity contribution in [3.63, 3.8) is 0 Å². The SMILES string of the molecule is CCOP(=O)(OCC)O/C(=C\F)c1ccc(OC)cc1. The minimum Gasteiger partial charge on any atom is -0.497 e. The first-order chi connectivity index (χ1) is 9.58. The Labute approximate surface area is 117 Å². The van der Waals surface area contributed by atoms with Crippen LogP contribution in [0.3, 0.4) is 0 Å². The third-order valence-electron chi connectivity index (χ3n) is 2.26. The quantitative estimate of drug-likeness (QED) is 0.533. The van der Waals surface area contributed by atoms with Crippen LogP contribution >= 0.6 is 7.82 Å². The van der Waals surface area contributed by atoms with Crippen molar-refractivity contribution in [3.05, 3.63) is 36.2 Å². The van der Waals surface area contributed by atoms with Gasteiger partial charge in [-0.1, -0.05) is 0 Å². The zero-order valence-corrected chi connectivity index (χ0v) is 12.6. The third kappa shape index (κ3) is 4.63. The second-order valence-corrected chi connectivity index (χ2v) is 5.17. The van der Waals surface area contributed by atoms with Crippen LogP contribution in [0.1, 0.15) is 19.4 Å². The molecule has 0 bridgehead atoms. The van der Waals surface area contributed by atoms with Crippen LogP contribution in [-0.4, -0.2) is 20.3 Å². The van der Waals surface area contributed by atoms with Gasteiger partial charge in [0.25, 0.3) is 0 Å². The summed E-state index contributed by atoms with van der Waals surface area (Å²) < 4.78 is 45.1. The highest BCUT2D eigenvalue weighted by Crippen LogP contribution is 2.52. The first kappa shape index (κ1) is 16.7. The van der Waals surface area contributed by atoms with Gasteiger partial charge in [0.1, 0.15) is 12.1 Å². The van der Waals surface area contributed by atoms with E-state index >= 15 is 0 Å². The normalized spacial score (nSPS) is 12.3. The Kier molecular flexibility index (Phi) is 6.71. The molecule has 1 aromatic carbocycles. The van der Waals surface area contributed by atoms with Gasteiger partial charge in [-0.05, 0) is 38.1 Å². The zero-order chi connectivity index (χ0) is 15.0. The molecule has 0 fully saturated rings. The number of halogens is 1. The number of methoxy groups -OCH3 is 1. The minimum absolute atomic E-state index is 0.124. The molecule has 0 radical (unpaired) electrons. The summed E-state index contributed by atoms with van der Waals surface area (Å²) in [6.45, 7) is 3.53. The molecule has 7 heteroatoms. The molecule has 20 heavy (non-hydrogen) atoms. The van der Waals surface area contributed by atoms with Crippen LogP contribution < -0.4 is 4.74 Å². The molecule has 1 rings (SSSR count). The Morgan fingerprint density at radius 1 is 1.20 bits per heavy atom. The van der Waals surface area contributed by atoms with E-state index in [0.29, 0.717) is 11.3 Å². The first-order valence-corrected chi connectivity index (χ1v) is 7.58. The Morgan fingerprint density at radius 3 is 2.15 bits per heavy atom. The molecular formula is C13H18FO5P. The third-order valence-corrected chi connectivity index (χ3v) is 3.83. The molecule has 0 heterocycles. The molecule has 0 aliphatic heterocycles. The van der Waals surface area contributed by atoms with Gasteiger partial charge in [-0.3, -0.25) is 9.05 Å². The summed E-state index contributed by atoms with van der Waals surface area (Å²) in [5.41, 5.74) is 0.396. The number of ether oxygens (including phenoxy) is 1. The van der Waals surface area contributed by atoms with Crippen LogP contribution in [0.5, 0.6) is 5.75 Å². The van der Waals surface area contributed by atoms with Gasteiger partial charge in [-0.2, -0.15) is 0 Å². The van der Waals surface area contributed by atoms with Crippen LogP contribution in [0.2, 0.25) is 0 Å². The summed E-state index contributed by atoms with van der Waals surface area (Å²) in [7, 11) is -2.29. The molecule has 0 spiro atoms. The van der Waals surface area contributed by atoms with Crippen molar-refractivity contribution in [2.45, 2.75) is 13.8 Å². The van der Waals surface area contributed by atoms with Crippen LogP contribution in [0.4, 0.5) is 4.39 Å². The lowest BCUT2D eigenvalue weighted by molar-refractivity contribution is 0.159. The number of hydrogen-bond acceptors (Lipinski definition) is 5. The van der Waals surface area contributed by atoms with Crippen molar-refractivity contribution < 1.29 is 27.3 Å². The van der Waals surface area contributed by atoms with E-state index in [4.69, 9.17) is 18.3 Å². The minimum atomic E-state index is -3.82. The second-order valence-electron chi connectivity index (χ2n) is 3.58. The average molecular weight is 304 g/mol. The largest absolute Gasteiger partial charge is 0.530 e. The van der Waals surface area contributed by atoms with Gasteiger partial charge in [-0.15, -0.1) is 0 Å². The van der Waals surface area contributed by atoms with Crippen molar-refractivity contribution in [3.8, 4) is 5.75 Å². The van der Waals surface area contributed by atoms with Crippen molar-refractivity contribution in [1.29, 1.82) is 0 Å². The van der Waals surface area contributed by atoms with Gasteiger partial charge in [0.05, 0.1) is 20.3 Å². The fourth-order valence-electron chi connectivity index (χ4n) is 1.42. The molecule has 0 saturated carbocycles. The fraction of sp³-hybridized carbons (Fsp3) is 0.385. The van der Waals surface area contributed by atoms with E-state index in [9.17, 15) is 8.96 Å². The summed E-state index contributed by atoms with van der Waals surface area (Å²) >= 11 is 0. The molecular weight excluding hydrogens is 286 g/mol. The Hall–Kier alpha value is -1.36. The molecule has 0 N–H and O–H groups in total. The maximum atomic E-state index is 13.0. The van der Waals surface area contributed by atoms with Gasteiger partial charge < -0.3 is 9.26 Å². The summed E-state index contributed by atoms with van der Waals surface area (Å²) in [5, 5.41) is 0. The summed E-state index contributed by atoms with van der Waals surface area (Å²) in [5.74, 6) is 0.391. The van der Waals surface area contributed by atoms with E-state index in [-0.39, 0.29) is 25.3 Å². The molecule has 0 amide bonds. The van der Waals surface area contributed by atoms with Gasteiger partial charge in [0, 0.05) is 5.56 Å². The van der Waals surface area contributed by atoms with Crippen molar-refractivity contribution in [2.24, 2.45) is 0 Å². The maximum Gasteiger partial charge on any atom is 0.530 e. The predicted molar refractivity (Wildman–Crippen MR) is 74.0 cm³/mol. The van der Waals surface area contributed by atoms with Crippen molar-refractivity contribution in [2.75, 3.05) is 20.3 Å². The molecule has 112 valence electrons. The van der Waals surface area contributed by atoms with Crippen LogP contribution in [0.15, 0.2) is 30.6 Å². The standard InChI is InChI=1S/C13H18FO5P/c1-4-17-20(15,18-5-2)19-13(10-14)11-6-8-12(16-3)9-7-11/h6-10H,4-5H2,1-3H3/b13-10-. The van der Waals surface area contributed by atoms with E-state index in [1.54, 1.807) is 38.1 Å². The van der Waals surface area contributed by atoms with Gasteiger partial charge in [-0.25, -0.2) is 8.96 Å². The Balaban J connectivity index is 2.92. The van der Waals surface area contributed by atoms with E-state index in [2.05, 4.69) is 0 Å². The number of phosphoric acid groups is 1. The first-order valence-electron chi connectivity index (χ1n) is 6.12. The topological polar surface area (TPSA) is 54.0 Å². The maximum absolute atomic E-state index is 13.0. The second kappa shape index (κ2) is 8.04. The van der Waals surface area contributed by atoms with Crippen LogP contribution in [0, 0.1) is 0 Å². The van der Waals surface area contributed by atoms with Crippen molar-refractivity contribution >= 4 is 13.6 Å². The lowest BCUT2D eigenvalue weighted by Crippen LogP contribution is -2.00. The van der Waals surface area contributed by atoms with E-state index < -0.39 is 7.82 Å². The van der Waals surface area contributed by atoms with Crippen molar-refractivity contribution in [1.82, 2.24) is 0 Å². The highest BCUT2D eigenvalue weighted by Gasteiger charge is 2.29. The molecule has 0 aromatic heterocycles. The van der Waals surface area contributed by atoms with Crippen LogP contribution in [0.25, 0.3) is 5.76 Å². The predicted octanol–water partition coefficient (Wildman–Crippen LogP) is 4.16. The molecule has 0 aliphatic carbocycles. The van der Waals surface area contributed by atoms with E-state index in [1.165, 1.54) is 7.11 Å².